The van der Waals surface area contributed by atoms with Crippen LogP contribution in [0, 0.1) is 5.92 Å². The van der Waals surface area contributed by atoms with Gasteiger partial charge in [0.1, 0.15) is 6.04 Å². The van der Waals surface area contributed by atoms with E-state index >= 15 is 0 Å². The molecule has 0 bridgehead atoms. The summed E-state index contributed by atoms with van der Waals surface area (Å²) >= 11 is 1.14. The zero-order chi connectivity index (χ0) is 22.9. The SMILES string of the molecule is C[C@@H](CNS(=O)(=O)c1ccc(-c2ccccc2)cc1)CSN[C@H](CCC(=O)O)C(=O)O. The molecule has 2 aromatic rings. The van der Waals surface area contributed by atoms with Gasteiger partial charge in [-0.3, -0.25) is 14.3 Å². The maximum atomic E-state index is 12.5. The highest BCUT2D eigenvalue weighted by molar-refractivity contribution is 7.97. The molecule has 0 saturated carbocycles. The molecule has 0 amide bonds. The molecule has 31 heavy (non-hydrogen) atoms. The van der Waals surface area contributed by atoms with Crippen molar-refractivity contribution >= 4 is 33.9 Å². The van der Waals surface area contributed by atoms with E-state index in [0.717, 1.165) is 23.1 Å². The molecule has 10 heteroatoms. The van der Waals surface area contributed by atoms with E-state index in [9.17, 15) is 18.0 Å². The molecule has 8 nitrogen and oxygen atoms in total. The Bertz CT molecular complexity index is 965. The van der Waals surface area contributed by atoms with Crippen molar-refractivity contribution in [2.45, 2.75) is 30.7 Å². The van der Waals surface area contributed by atoms with Crippen LogP contribution in [0.5, 0.6) is 0 Å². The minimum absolute atomic E-state index is 0.0301. The van der Waals surface area contributed by atoms with Gasteiger partial charge in [-0.1, -0.05) is 61.3 Å². The topological polar surface area (TPSA) is 133 Å². The fraction of sp³-hybridized carbons (Fsp3) is 0.333. The second-order valence-electron chi connectivity index (χ2n) is 7.10. The van der Waals surface area contributed by atoms with Crippen molar-refractivity contribution in [1.82, 2.24) is 9.44 Å². The molecule has 0 radical (unpaired) electrons. The number of benzene rings is 2. The highest BCUT2D eigenvalue weighted by Gasteiger charge is 2.19. The van der Waals surface area contributed by atoms with E-state index in [1.165, 1.54) is 0 Å². The van der Waals surface area contributed by atoms with Gasteiger partial charge in [0.2, 0.25) is 10.0 Å². The van der Waals surface area contributed by atoms with Crippen molar-refractivity contribution in [3.63, 3.8) is 0 Å². The standard InChI is InChI=1S/C21H26N2O6S2/c1-15(14-30-23-19(21(26)27)11-12-20(24)25)13-22-31(28,29)18-9-7-17(8-10-18)16-5-3-2-4-6-16/h2-10,15,19,22-23H,11-14H2,1H3,(H,24,25)(H,26,27)/t15-,19+/m0/s1. The summed E-state index contributed by atoms with van der Waals surface area (Å²) in [7, 11) is -3.67. The van der Waals surface area contributed by atoms with Gasteiger partial charge in [-0.05, 0) is 35.6 Å². The molecule has 0 heterocycles. The monoisotopic (exact) mass is 466 g/mol. The predicted molar refractivity (Wildman–Crippen MR) is 120 cm³/mol. The molecule has 0 unspecified atom stereocenters. The first kappa shape index (κ1) is 24.9. The summed E-state index contributed by atoms with van der Waals surface area (Å²) in [6, 6.07) is 15.3. The first-order valence-corrected chi connectivity index (χ1v) is 12.1. The van der Waals surface area contributed by atoms with Crippen molar-refractivity contribution in [1.29, 1.82) is 0 Å². The number of rotatable bonds is 13. The lowest BCUT2D eigenvalue weighted by molar-refractivity contribution is -0.140. The minimum Gasteiger partial charge on any atom is -0.481 e. The fourth-order valence-corrected chi connectivity index (χ4v) is 4.73. The molecule has 168 valence electrons. The molecule has 4 N–H and O–H groups in total. The van der Waals surface area contributed by atoms with Crippen LogP contribution in [0.1, 0.15) is 19.8 Å². The lowest BCUT2D eigenvalue weighted by atomic mass is 10.1. The Balaban J connectivity index is 1.83. The van der Waals surface area contributed by atoms with Crippen molar-refractivity contribution in [3.05, 3.63) is 54.6 Å². The van der Waals surface area contributed by atoms with Gasteiger partial charge in [0.25, 0.3) is 0 Å². The number of carbonyl (C=O) groups is 2. The molecule has 2 aromatic carbocycles. The van der Waals surface area contributed by atoms with Crippen molar-refractivity contribution < 1.29 is 28.2 Å². The van der Waals surface area contributed by atoms with E-state index in [1.807, 2.05) is 37.3 Å². The zero-order valence-corrected chi connectivity index (χ0v) is 18.7. The molecule has 0 aliphatic rings. The van der Waals surface area contributed by atoms with Gasteiger partial charge < -0.3 is 10.2 Å². The maximum absolute atomic E-state index is 12.5. The average molecular weight is 467 g/mol. The molecule has 0 aliphatic carbocycles. The maximum Gasteiger partial charge on any atom is 0.321 e. The van der Waals surface area contributed by atoms with Gasteiger partial charge in [0.15, 0.2) is 0 Å². The summed E-state index contributed by atoms with van der Waals surface area (Å²) in [4.78, 5) is 21.9. The van der Waals surface area contributed by atoms with Crippen LogP contribution in [0.15, 0.2) is 59.5 Å². The third-order valence-corrected chi connectivity index (χ3v) is 7.06. The molecule has 0 saturated heterocycles. The van der Waals surface area contributed by atoms with E-state index in [2.05, 4.69) is 9.44 Å². The zero-order valence-electron chi connectivity index (χ0n) is 17.0. The van der Waals surface area contributed by atoms with Crippen LogP contribution < -0.4 is 9.44 Å². The summed E-state index contributed by atoms with van der Waals surface area (Å²) in [5, 5.41) is 17.8. The first-order valence-electron chi connectivity index (χ1n) is 9.66. The normalized spacial score (nSPS) is 13.5. The Morgan fingerprint density at radius 2 is 1.61 bits per heavy atom. The van der Waals surface area contributed by atoms with Crippen molar-refractivity contribution in [2.75, 3.05) is 12.3 Å². The van der Waals surface area contributed by atoms with Gasteiger partial charge in [-0.15, -0.1) is 0 Å². The van der Waals surface area contributed by atoms with E-state index in [-0.39, 0.29) is 30.2 Å². The summed E-state index contributed by atoms with van der Waals surface area (Å²) in [5.41, 5.74) is 1.92. The second kappa shape index (κ2) is 11.8. The summed E-state index contributed by atoms with van der Waals surface area (Å²) < 4.78 is 30.4. The number of sulfonamides is 1. The Kier molecular flexibility index (Phi) is 9.50. The van der Waals surface area contributed by atoms with Gasteiger partial charge in [-0.25, -0.2) is 13.1 Å². The number of nitrogens with one attached hydrogen (secondary N) is 2. The molecule has 0 spiro atoms. The Morgan fingerprint density at radius 3 is 2.19 bits per heavy atom. The lowest BCUT2D eigenvalue weighted by Gasteiger charge is -2.16. The first-order chi connectivity index (χ1) is 14.7. The van der Waals surface area contributed by atoms with Gasteiger partial charge in [-0.2, -0.15) is 0 Å². The van der Waals surface area contributed by atoms with Crippen LogP contribution in [-0.4, -0.2) is 48.9 Å². The van der Waals surface area contributed by atoms with Crippen molar-refractivity contribution in [2.24, 2.45) is 5.92 Å². The van der Waals surface area contributed by atoms with Crippen molar-refractivity contribution in [3.8, 4) is 11.1 Å². The minimum atomic E-state index is -3.67. The molecule has 2 rings (SSSR count). The average Bonchev–Trinajstić information content (AvgIpc) is 2.75. The third-order valence-electron chi connectivity index (χ3n) is 4.43. The molecule has 0 aromatic heterocycles. The summed E-state index contributed by atoms with van der Waals surface area (Å²) in [6.07, 6.45) is -0.277. The van der Waals surface area contributed by atoms with Gasteiger partial charge >= 0.3 is 11.9 Å². The number of hydrogen-bond acceptors (Lipinski definition) is 6. The molecular formula is C21H26N2O6S2. The summed E-state index contributed by atoms with van der Waals surface area (Å²) in [6.45, 7) is 2.02. The second-order valence-corrected chi connectivity index (χ2v) is 9.72. The van der Waals surface area contributed by atoms with E-state index in [1.54, 1.807) is 24.3 Å². The Morgan fingerprint density at radius 1 is 1.00 bits per heavy atom. The van der Waals surface area contributed by atoms with E-state index in [4.69, 9.17) is 10.2 Å². The highest BCUT2D eigenvalue weighted by atomic mass is 32.2. The Hall–Kier alpha value is -2.40. The van der Waals surface area contributed by atoms with Gasteiger partial charge in [0, 0.05) is 18.7 Å². The molecule has 0 aliphatic heterocycles. The van der Waals surface area contributed by atoms with Crippen LogP contribution in [0.2, 0.25) is 0 Å². The third kappa shape index (κ3) is 8.33. The van der Waals surface area contributed by atoms with Crippen LogP contribution in [0.4, 0.5) is 0 Å². The lowest BCUT2D eigenvalue weighted by Crippen LogP contribution is -2.34. The van der Waals surface area contributed by atoms with Crippen LogP contribution in [0.3, 0.4) is 0 Å². The van der Waals surface area contributed by atoms with Crippen LogP contribution in [-0.2, 0) is 19.6 Å². The fourth-order valence-electron chi connectivity index (χ4n) is 2.64. The number of aliphatic carboxylic acids is 2. The summed E-state index contributed by atoms with van der Waals surface area (Å²) in [5.74, 6) is -1.81. The molecular weight excluding hydrogens is 440 g/mol. The number of hydrogen-bond donors (Lipinski definition) is 4. The number of carboxylic acids is 2. The molecule has 0 fully saturated rings. The smallest absolute Gasteiger partial charge is 0.321 e. The highest BCUT2D eigenvalue weighted by Crippen LogP contribution is 2.21. The van der Waals surface area contributed by atoms with Crippen LogP contribution >= 0.6 is 11.9 Å². The van der Waals surface area contributed by atoms with E-state index in [0.29, 0.717) is 5.75 Å². The number of carboxylic acid groups (broad SMARTS) is 2. The predicted octanol–water partition coefficient (Wildman–Crippen LogP) is 2.82. The largest absolute Gasteiger partial charge is 0.481 e. The molecule has 2 atom stereocenters. The quantitative estimate of drug-likeness (QED) is 0.331. The Labute approximate surface area is 186 Å². The van der Waals surface area contributed by atoms with Crippen LogP contribution in [0.25, 0.3) is 11.1 Å². The van der Waals surface area contributed by atoms with Gasteiger partial charge in [0.05, 0.1) is 4.90 Å². The van der Waals surface area contributed by atoms with E-state index < -0.39 is 28.0 Å².